The van der Waals surface area contributed by atoms with Gasteiger partial charge in [0.15, 0.2) is 0 Å². The van der Waals surface area contributed by atoms with Crippen molar-refractivity contribution in [3.05, 3.63) is 47.0 Å². The average Bonchev–Trinajstić information content (AvgIpc) is 2.74. The quantitative estimate of drug-likeness (QED) is 0.942. The number of hydrogen-bond acceptors (Lipinski definition) is 3. The highest BCUT2D eigenvalue weighted by molar-refractivity contribution is 7.99. The molecule has 0 aliphatic carbocycles. The number of thioether (sulfide) groups is 1. The molecule has 0 spiro atoms. The van der Waals surface area contributed by atoms with Gasteiger partial charge in [0, 0.05) is 36.3 Å². The Morgan fingerprint density at radius 3 is 3.10 bits per heavy atom. The van der Waals surface area contributed by atoms with Gasteiger partial charge in [-0.25, -0.2) is 4.39 Å². The van der Waals surface area contributed by atoms with Gasteiger partial charge in [-0.3, -0.25) is 4.68 Å². The summed E-state index contributed by atoms with van der Waals surface area (Å²) in [6.07, 6.45) is 3.06. The van der Waals surface area contributed by atoms with Gasteiger partial charge in [0.25, 0.3) is 0 Å². The SMILES string of the molecule is Cc1nn(C)cc1CNC1CCSc2ccc(F)cc21. The minimum absolute atomic E-state index is 0.157. The van der Waals surface area contributed by atoms with Gasteiger partial charge in [-0.15, -0.1) is 11.8 Å². The van der Waals surface area contributed by atoms with Crippen molar-refractivity contribution in [3.63, 3.8) is 0 Å². The van der Waals surface area contributed by atoms with E-state index in [1.807, 2.05) is 30.9 Å². The van der Waals surface area contributed by atoms with Gasteiger partial charge in [0.2, 0.25) is 0 Å². The van der Waals surface area contributed by atoms with Crippen LogP contribution >= 0.6 is 11.8 Å². The number of hydrogen-bond donors (Lipinski definition) is 1. The summed E-state index contributed by atoms with van der Waals surface area (Å²) >= 11 is 1.81. The Morgan fingerprint density at radius 1 is 1.50 bits per heavy atom. The van der Waals surface area contributed by atoms with Gasteiger partial charge in [-0.1, -0.05) is 0 Å². The van der Waals surface area contributed by atoms with Crippen LogP contribution in [0.1, 0.15) is 29.3 Å². The molecule has 1 aliphatic heterocycles. The van der Waals surface area contributed by atoms with E-state index >= 15 is 0 Å². The fourth-order valence-electron chi connectivity index (χ4n) is 2.63. The van der Waals surface area contributed by atoms with Crippen molar-refractivity contribution in [1.82, 2.24) is 15.1 Å². The van der Waals surface area contributed by atoms with Crippen LogP contribution in [0.25, 0.3) is 0 Å². The lowest BCUT2D eigenvalue weighted by molar-refractivity contribution is 0.504. The summed E-state index contributed by atoms with van der Waals surface area (Å²) in [7, 11) is 1.93. The Morgan fingerprint density at radius 2 is 2.35 bits per heavy atom. The van der Waals surface area contributed by atoms with E-state index < -0.39 is 0 Å². The summed E-state index contributed by atoms with van der Waals surface area (Å²) in [6, 6.07) is 5.31. The molecule has 1 aromatic heterocycles. The first kappa shape index (κ1) is 13.6. The number of benzene rings is 1. The summed E-state index contributed by atoms with van der Waals surface area (Å²) in [5.41, 5.74) is 3.33. The van der Waals surface area contributed by atoms with E-state index in [2.05, 4.69) is 10.4 Å². The van der Waals surface area contributed by atoms with Crippen LogP contribution in [-0.2, 0) is 13.6 Å². The van der Waals surface area contributed by atoms with Crippen LogP contribution in [0.4, 0.5) is 4.39 Å². The molecule has 5 heteroatoms. The highest BCUT2D eigenvalue weighted by Crippen LogP contribution is 2.36. The molecule has 20 heavy (non-hydrogen) atoms. The van der Waals surface area contributed by atoms with Crippen molar-refractivity contribution in [2.75, 3.05) is 5.75 Å². The molecule has 2 aromatic rings. The second-order valence-electron chi connectivity index (χ2n) is 5.17. The van der Waals surface area contributed by atoms with Crippen LogP contribution in [0.3, 0.4) is 0 Å². The first-order chi connectivity index (χ1) is 9.63. The smallest absolute Gasteiger partial charge is 0.123 e. The van der Waals surface area contributed by atoms with Crippen LogP contribution in [0.5, 0.6) is 0 Å². The van der Waals surface area contributed by atoms with Gasteiger partial charge >= 0.3 is 0 Å². The highest BCUT2D eigenvalue weighted by atomic mass is 32.2. The molecule has 0 fully saturated rings. The van der Waals surface area contributed by atoms with Crippen molar-refractivity contribution in [2.45, 2.75) is 30.8 Å². The Hall–Kier alpha value is -1.33. The van der Waals surface area contributed by atoms with Gasteiger partial charge < -0.3 is 5.32 Å². The third kappa shape index (κ3) is 2.74. The molecule has 106 valence electrons. The van der Waals surface area contributed by atoms with E-state index in [1.54, 1.807) is 23.9 Å². The maximum Gasteiger partial charge on any atom is 0.123 e. The lowest BCUT2D eigenvalue weighted by atomic mass is 10.0. The molecule has 2 heterocycles. The third-order valence-corrected chi connectivity index (χ3v) is 4.79. The molecule has 0 radical (unpaired) electrons. The second-order valence-corrected chi connectivity index (χ2v) is 6.30. The molecule has 0 bridgehead atoms. The summed E-state index contributed by atoms with van der Waals surface area (Å²) in [4.78, 5) is 1.19. The van der Waals surface area contributed by atoms with Crippen molar-refractivity contribution in [2.24, 2.45) is 7.05 Å². The Labute approximate surface area is 122 Å². The maximum atomic E-state index is 13.4. The summed E-state index contributed by atoms with van der Waals surface area (Å²) in [6.45, 7) is 2.78. The lowest BCUT2D eigenvalue weighted by Gasteiger charge is -2.26. The van der Waals surface area contributed by atoms with Gasteiger partial charge in [-0.2, -0.15) is 5.10 Å². The van der Waals surface area contributed by atoms with Crippen LogP contribution < -0.4 is 5.32 Å². The minimum atomic E-state index is -0.157. The van der Waals surface area contributed by atoms with E-state index in [-0.39, 0.29) is 11.9 Å². The number of fused-ring (bicyclic) bond motifs is 1. The van der Waals surface area contributed by atoms with E-state index in [0.29, 0.717) is 0 Å². The van der Waals surface area contributed by atoms with Crippen LogP contribution in [0, 0.1) is 12.7 Å². The molecular formula is C15H18FN3S. The highest BCUT2D eigenvalue weighted by Gasteiger charge is 2.21. The predicted molar refractivity (Wildman–Crippen MR) is 79.3 cm³/mol. The monoisotopic (exact) mass is 291 g/mol. The van der Waals surface area contributed by atoms with Gasteiger partial charge in [0.05, 0.1) is 5.69 Å². The fourth-order valence-corrected chi connectivity index (χ4v) is 3.74. The topological polar surface area (TPSA) is 29.9 Å². The number of halogens is 1. The predicted octanol–water partition coefficient (Wildman–Crippen LogP) is 3.19. The van der Waals surface area contributed by atoms with Crippen molar-refractivity contribution in [3.8, 4) is 0 Å². The van der Waals surface area contributed by atoms with E-state index in [0.717, 1.165) is 30.0 Å². The number of aryl methyl sites for hydroxylation is 2. The molecule has 0 saturated heterocycles. The maximum absolute atomic E-state index is 13.4. The Kier molecular flexibility index (Phi) is 3.81. The zero-order chi connectivity index (χ0) is 14.1. The Bertz CT molecular complexity index is 624. The van der Waals surface area contributed by atoms with E-state index in [9.17, 15) is 4.39 Å². The molecule has 0 amide bonds. The molecule has 1 atom stereocenters. The molecule has 3 nitrogen and oxygen atoms in total. The zero-order valence-corrected chi connectivity index (χ0v) is 12.5. The van der Waals surface area contributed by atoms with Crippen molar-refractivity contribution >= 4 is 11.8 Å². The zero-order valence-electron chi connectivity index (χ0n) is 11.7. The van der Waals surface area contributed by atoms with Crippen molar-refractivity contribution in [1.29, 1.82) is 0 Å². The lowest BCUT2D eigenvalue weighted by Crippen LogP contribution is -2.24. The number of rotatable bonds is 3. The molecule has 1 unspecified atom stereocenters. The third-order valence-electron chi connectivity index (χ3n) is 3.67. The molecule has 1 aliphatic rings. The summed E-state index contributed by atoms with van der Waals surface area (Å²) in [5, 5.41) is 7.89. The van der Waals surface area contributed by atoms with Crippen LogP contribution in [0.15, 0.2) is 29.3 Å². The summed E-state index contributed by atoms with van der Waals surface area (Å²) in [5.74, 6) is 0.915. The molecular weight excluding hydrogens is 273 g/mol. The number of aromatic nitrogens is 2. The molecule has 1 aromatic carbocycles. The van der Waals surface area contributed by atoms with Gasteiger partial charge in [0.1, 0.15) is 5.82 Å². The minimum Gasteiger partial charge on any atom is -0.306 e. The first-order valence-electron chi connectivity index (χ1n) is 6.78. The second kappa shape index (κ2) is 5.58. The average molecular weight is 291 g/mol. The molecule has 0 saturated carbocycles. The largest absolute Gasteiger partial charge is 0.306 e. The van der Waals surface area contributed by atoms with Gasteiger partial charge in [-0.05, 0) is 42.9 Å². The fraction of sp³-hybridized carbons (Fsp3) is 0.400. The Balaban J connectivity index is 1.76. The number of nitrogens with zero attached hydrogens (tertiary/aromatic N) is 2. The van der Waals surface area contributed by atoms with E-state index in [1.165, 1.54) is 10.5 Å². The van der Waals surface area contributed by atoms with Crippen molar-refractivity contribution < 1.29 is 4.39 Å². The standard InChI is InChI=1S/C15H18FN3S/c1-10-11(9-19(2)18-10)8-17-14-5-6-20-15-4-3-12(16)7-13(14)15/h3-4,7,9,14,17H,5-6,8H2,1-2H3. The molecule has 3 rings (SSSR count). The number of nitrogens with one attached hydrogen (secondary N) is 1. The normalized spacial score (nSPS) is 18.1. The van der Waals surface area contributed by atoms with Crippen LogP contribution in [-0.4, -0.2) is 15.5 Å². The summed E-state index contributed by atoms with van der Waals surface area (Å²) < 4.78 is 15.3. The van der Waals surface area contributed by atoms with E-state index in [4.69, 9.17) is 0 Å². The molecule has 1 N–H and O–H groups in total. The van der Waals surface area contributed by atoms with Crippen LogP contribution in [0.2, 0.25) is 0 Å². The first-order valence-corrected chi connectivity index (χ1v) is 7.77.